The summed E-state index contributed by atoms with van der Waals surface area (Å²) in [6.07, 6.45) is 1.67. The highest BCUT2D eigenvalue weighted by Crippen LogP contribution is 2.25. The summed E-state index contributed by atoms with van der Waals surface area (Å²) in [6.45, 7) is 11.8. The lowest BCUT2D eigenvalue weighted by Crippen LogP contribution is -2.47. The number of anilines is 3. The average molecular weight is 382 g/mol. The lowest BCUT2D eigenvalue weighted by Gasteiger charge is -2.32. The number of hydrogen-bond acceptors (Lipinski definition) is 5. The molecule has 0 radical (unpaired) electrons. The molecule has 1 amide bonds. The quantitative estimate of drug-likeness (QED) is 0.831. The number of carbonyl (C=O) groups is 1. The number of pyridine rings is 1. The van der Waals surface area contributed by atoms with Crippen molar-refractivity contribution < 1.29 is 4.79 Å². The van der Waals surface area contributed by atoms with Crippen molar-refractivity contribution in [2.45, 2.75) is 20.8 Å². The normalized spacial score (nSPS) is 14.8. The molecule has 0 atom stereocenters. The van der Waals surface area contributed by atoms with Crippen LogP contribution in [0, 0.1) is 6.92 Å². The molecule has 28 heavy (non-hydrogen) atoms. The van der Waals surface area contributed by atoms with Gasteiger partial charge in [-0.2, -0.15) is 0 Å². The lowest BCUT2D eigenvalue weighted by molar-refractivity contribution is 0.0663. The molecule has 1 aromatic heterocycles. The second-order valence-electron chi connectivity index (χ2n) is 7.32. The van der Waals surface area contributed by atoms with Crippen molar-refractivity contribution in [1.29, 1.82) is 0 Å². The van der Waals surface area contributed by atoms with Gasteiger partial charge in [0, 0.05) is 56.8 Å². The first kappa shape index (κ1) is 20.1. The van der Waals surface area contributed by atoms with E-state index in [0.717, 1.165) is 50.8 Å². The Morgan fingerprint density at radius 1 is 1.11 bits per heavy atom. The first-order valence-electron chi connectivity index (χ1n) is 10.1. The number of nitrogens with zero attached hydrogens (tertiary/aromatic N) is 4. The van der Waals surface area contributed by atoms with Crippen LogP contribution in [0.25, 0.3) is 0 Å². The summed E-state index contributed by atoms with van der Waals surface area (Å²) in [4.78, 5) is 23.6. The molecule has 0 bridgehead atoms. The van der Waals surface area contributed by atoms with Gasteiger partial charge in [0.2, 0.25) is 0 Å². The smallest absolute Gasteiger partial charge is 0.255 e. The fourth-order valence-corrected chi connectivity index (χ4v) is 3.50. The van der Waals surface area contributed by atoms with Crippen molar-refractivity contribution in [2.75, 3.05) is 56.5 Å². The standard InChI is InChI=1S/C22H31N5O/c1-5-26(6-2)19-8-9-20(17(3)15-19)24-21-10-7-18(16-23-21)22(28)27-13-11-25(4)12-14-27/h7-10,15-16H,5-6,11-14H2,1-4H3,(H,23,24). The van der Waals surface area contributed by atoms with Crippen LogP contribution in [0.3, 0.4) is 0 Å². The topological polar surface area (TPSA) is 51.7 Å². The summed E-state index contributed by atoms with van der Waals surface area (Å²) in [5, 5.41) is 3.36. The first-order chi connectivity index (χ1) is 13.5. The van der Waals surface area contributed by atoms with E-state index < -0.39 is 0 Å². The molecular weight excluding hydrogens is 350 g/mol. The van der Waals surface area contributed by atoms with E-state index in [-0.39, 0.29) is 5.91 Å². The van der Waals surface area contributed by atoms with Gasteiger partial charge in [0.05, 0.1) is 5.56 Å². The molecule has 6 heteroatoms. The Balaban J connectivity index is 1.66. The number of likely N-dealkylation sites (N-methyl/N-ethyl adjacent to an activating group) is 1. The molecule has 1 N–H and O–H groups in total. The molecule has 2 aromatic rings. The number of nitrogens with one attached hydrogen (secondary N) is 1. The fraction of sp³-hybridized carbons (Fsp3) is 0.455. The van der Waals surface area contributed by atoms with Crippen molar-refractivity contribution in [3.8, 4) is 0 Å². The van der Waals surface area contributed by atoms with Crippen LogP contribution in [0.4, 0.5) is 17.2 Å². The van der Waals surface area contributed by atoms with E-state index in [1.54, 1.807) is 6.20 Å². The molecule has 0 saturated carbocycles. The summed E-state index contributed by atoms with van der Waals surface area (Å²) in [5.41, 5.74) is 4.07. The van der Waals surface area contributed by atoms with E-state index in [1.165, 1.54) is 11.3 Å². The van der Waals surface area contributed by atoms with E-state index in [1.807, 2.05) is 17.0 Å². The zero-order valence-electron chi connectivity index (χ0n) is 17.4. The molecule has 2 heterocycles. The van der Waals surface area contributed by atoms with Crippen LogP contribution in [-0.4, -0.2) is 67.0 Å². The first-order valence-corrected chi connectivity index (χ1v) is 10.1. The van der Waals surface area contributed by atoms with E-state index in [4.69, 9.17) is 0 Å². The summed E-state index contributed by atoms with van der Waals surface area (Å²) >= 11 is 0. The molecule has 1 aromatic carbocycles. The Hall–Kier alpha value is -2.60. The predicted octanol–water partition coefficient (Wildman–Crippen LogP) is 3.37. The molecule has 1 saturated heterocycles. The van der Waals surface area contributed by atoms with Gasteiger partial charge in [0.25, 0.3) is 5.91 Å². The zero-order chi connectivity index (χ0) is 20.1. The Kier molecular flexibility index (Phi) is 6.52. The van der Waals surface area contributed by atoms with E-state index in [0.29, 0.717) is 5.56 Å². The fourth-order valence-electron chi connectivity index (χ4n) is 3.50. The van der Waals surface area contributed by atoms with E-state index >= 15 is 0 Å². The Morgan fingerprint density at radius 3 is 2.39 bits per heavy atom. The van der Waals surface area contributed by atoms with Crippen LogP contribution in [0.1, 0.15) is 29.8 Å². The minimum absolute atomic E-state index is 0.0620. The highest BCUT2D eigenvalue weighted by atomic mass is 16.2. The SMILES string of the molecule is CCN(CC)c1ccc(Nc2ccc(C(=O)N3CCN(C)CC3)cn2)c(C)c1. The van der Waals surface area contributed by atoms with Gasteiger partial charge >= 0.3 is 0 Å². The molecule has 0 spiro atoms. The number of piperazine rings is 1. The summed E-state index contributed by atoms with van der Waals surface area (Å²) in [6, 6.07) is 10.2. The monoisotopic (exact) mass is 381 g/mol. The van der Waals surface area contributed by atoms with Gasteiger partial charge in [0.1, 0.15) is 5.82 Å². The highest BCUT2D eigenvalue weighted by Gasteiger charge is 2.20. The van der Waals surface area contributed by atoms with Gasteiger partial charge < -0.3 is 20.0 Å². The summed E-state index contributed by atoms with van der Waals surface area (Å²) < 4.78 is 0. The number of aromatic nitrogens is 1. The molecular formula is C22H31N5O. The highest BCUT2D eigenvalue weighted by molar-refractivity contribution is 5.94. The van der Waals surface area contributed by atoms with Gasteiger partial charge in [-0.25, -0.2) is 4.98 Å². The van der Waals surface area contributed by atoms with Crippen LogP contribution in [0.2, 0.25) is 0 Å². The van der Waals surface area contributed by atoms with Gasteiger partial charge in [-0.3, -0.25) is 4.79 Å². The molecule has 6 nitrogen and oxygen atoms in total. The van der Waals surface area contributed by atoms with Crippen LogP contribution in [-0.2, 0) is 0 Å². The molecule has 0 aliphatic carbocycles. The van der Waals surface area contributed by atoms with Crippen LogP contribution in [0.15, 0.2) is 36.5 Å². The Labute approximate surface area is 168 Å². The van der Waals surface area contributed by atoms with Crippen molar-refractivity contribution in [3.63, 3.8) is 0 Å². The van der Waals surface area contributed by atoms with E-state index in [9.17, 15) is 4.79 Å². The molecule has 150 valence electrons. The zero-order valence-corrected chi connectivity index (χ0v) is 17.4. The number of aryl methyl sites for hydroxylation is 1. The van der Waals surface area contributed by atoms with Gasteiger partial charge in [0.15, 0.2) is 0 Å². The molecule has 3 rings (SSSR count). The molecule has 1 fully saturated rings. The number of benzene rings is 1. The Bertz CT molecular complexity index is 793. The summed E-state index contributed by atoms with van der Waals surface area (Å²) in [5.74, 6) is 0.806. The third kappa shape index (κ3) is 4.62. The van der Waals surface area contributed by atoms with Crippen LogP contribution in [0.5, 0.6) is 0 Å². The number of rotatable bonds is 6. The van der Waals surface area contributed by atoms with Crippen molar-refractivity contribution in [2.24, 2.45) is 0 Å². The number of carbonyl (C=O) groups excluding carboxylic acids is 1. The second-order valence-corrected chi connectivity index (χ2v) is 7.32. The minimum atomic E-state index is 0.0620. The second kappa shape index (κ2) is 9.06. The number of hydrogen-bond donors (Lipinski definition) is 1. The van der Waals surface area contributed by atoms with Gasteiger partial charge in [-0.05, 0) is 63.7 Å². The molecule has 0 unspecified atom stereocenters. The van der Waals surface area contributed by atoms with Gasteiger partial charge in [-0.15, -0.1) is 0 Å². The number of amides is 1. The lowest BCUT2D eigenvalue weighted by atomic mass is 10.1. The van der Waals surface area contributed by atoms with Gasteiger partial charge in [-0.1, -0.05) is 0 Å². The average Bonchev–Trinajstić information content (AvgIpc) is 2.71. The maximum atomic E-state index is 12.6. The van der Waals surface area contributed by atoms with Crippen molar-refractivity contribution in [1.82, 2.24) is 14.8 Å². The van der Waals surface area contributed by atoms with E-state index in [2.05, 4.69) is 66.1 Å². The maximum absolute atomic E-state index is 12.6. The third-order valence-electron chi connectivity index (χ3n) is 5.40. The van der Waals surface area contributed by atoms with Crippen molar-refractivity contribution in [3.05, 3.63) is 47.7 Å². The largest absolute Gasteiger partial charge is 0.372 e. The van der Waals surface area contributed by atoms with Crippen LogP contribution < -0.4 is 10.2 Å². The summed E-state index contributed by atoms with van der Waals surface area (Å²) in [7, 11) is 2.08. The predicted molar refractivity (Wildman–Crippen MR) is 116 cm³/mol. The third-order valence-corrected chi connectivity index (χ3v) is 5.40. The maximum Gasteiger partial charge on any atom is 0.255 e. The van der Waals surface area contributed by atoms with Crippen LogP contribution >= 0.6 is 0 Å². The molecule has 1 aliphatic heterocycles. The van der Waals surface area contributed by atoms with Crippen molar-refractivity contribution >= 4 is 23.1 Å². The minimum Gasteiger partial charge on any atom is -0.372 e. The molecule has 1 aliphatic rings. The Morgan fingerprint density at radius 2 is 1.82 bits per heavy atom.